The van der Waals surface area contributed by atoms with E-state index in [1.54, 1.807) is 0 Å². The summed E-state index contributed by atoms with van der Waals surface area (Å²) in [6.07, 6.45) is 4.56. The van der Waals surface area contributed by atoms with Gasteiger partial charge in [0, 0.05) is 33.8 Å². The van der Waals surface area contributed by atoms with Crippen LogP contribution in [0.2, 0.25) is 0 Å². The number of hydrogen-bond donors (Lipinski definition) is 2. The molecule has 6 rings (SSSR count). The second-order valence-electron chi connectivity index (χ2n) is 9.45. The highest BCUT2D eigenvalue weighted by Crippen LogP contribution is 2.36. The van der Waals surface area contributed by atoms with Gasteiger partial charge in [-0.3, -0.25) is 0 Å². The maximum absolute atomic E-state index is 11.2. The molecule has 4 heterocycles. The van der Waals surface area contributed by atoms with E-state index in [0.29, 0.717) is 24.3 Å². The first-order valence-corrected chi connectivity index (χ1v) is 13.9. The molecule has 5 aromatic rings. The standard InChI is InChI=1S/C29H24Br2N6O/c30-21-7-5-20(6-8-21)29(38)10-12-37(13-11-29)25-9-4-19(16-33-25)24-15-23(18-2-1-3-22(31)14-18)26-27(32)34-17-35-28(26)36-24/h1-9,14-17,38H,10-13H2,(H2,32,34,35,36). The Labute approximate surface area is 237 Å². The van der Waals surface area contributed by atoms with Crippen molar-refractivity contribution in [2.24, 2.45) is 0 Å². The molecule has 0 radical (unpaired) electrons. The van der Waals surface area contributed by atoms with E-state index in [2.05, 4.69) is 46.7 Å². The summed E-state index contributed by atoms with van der Waals surface area (Å²) in [5.41, 5.74) is 10.5. The Balaban J connectivity index is 1.28. The molecule has 0 amide bonds. The zero-order valence-corrected chi connectivity index (χ0v) is 23.5. The Hall–Kier alpha value is -3.40. The van der Waals surface area contributed by atoms with Gasteiger partial charge in [-0.25, -0.2) is 19.9 Å². The zero-order valence-electron chi connectivity index (χ0n) is 20.4. The number of fused-ring (bicyclic) bond motifs is 1. The number of aliphatic hydroxyl groups is 1. The van der Waals surface area contributed by atoms with Gasteiger partial charge in [0.05, 0.1) is 16.7 Å². The van der Waals surface area contributed by atoms with Crippen LogP contribution in [0.15, 0.2) is 88.2 Å². The van der Waals surface area contributed by atoms with Crippen LogP contribution >= 0.6 is 31.9 Å². The average molecular weight is 632 g/mol. The van der Waals surface area contributed by atoms with Crippen molar-refractivity contribution in [1.82, 2.24) is 19.9 Å². The number of hydrogen-bond acceptors (Lipinski definition) is 7. The lowest BCUT2D eigenvalue weighted by Crippen LogP contribution is -2.42. The molecule has 1 aliphatic rings. The molecule has 1 fully saturated rings. The first-order chi connectivity index (χ1) is 18.4. The van der Waals surface area contributed by atoms with E-state index in [9.17, 15) is 5.11 Å². The minimum absolute atomic E-state index is 0.394. The molecule has 7 nitrogen and oxygen atoms in total. The van der Waals surface area contributed by atoms with Gasteiger partial charge < -0.3 is 15.7 Å². The van der Waals surface area contributed by atoms with Crippen LogP contribution in [0, 0.1) is 0 Å². The Kier molecular flexibility index (Phi) is 6.59. The van der Waals surface area contributed by atoms with Crippen molar-refractivity contribution in [2.45, 2.75) is 18.4 Å². The van der Waals surface area contributed by atoms with E-state index in [1.165, 1.54) is 6.33 Å². The number of piperidine rings is 1. The van der Waals surface area contributed by atoms with Crippen LogP contribution in [0.3, 0.4) is 0 Å². The molecule has 38 heavy (non-hydrogen) atoms. The number of rotatable bonds is 4. The summed E-state index contributed by atoms with van der Waals surface area (Å²) in [6.45, 7) is 1.44. The first kappa shape index (κ1) is 24.9. The third kappa shape index (κ3) is 4.77. The van der Waals surface area contributed by atoms with Crippen molar-refractivity contribution in [3.05, 3.63) is 93.8 Å². The molecule has 0 aliphatic carbocycles. The van der Waals surface area contributed by atoms with Crippen molar-refractivity contribution in [1.29, 1.82) is 0 Å². The van der Waals surface area contributed by atoms with E-state index in [-0.39, 0.29) is 0 Å². The Morgan fingerprint density at radius 2 is 1.63 bits per heavy atom. The van der Waals surface area contributed by atoms with Crippen molar-refractivity contribution in [2.75, 3.05) is 23.7 Å². The summed E-state index contributed by atoms with van der Waals surface area (Å²) in [5, 5.41) is 12.0. The van der Waals surface area contributed by atoms with Gasteiger partial charge in [-0.05, 0) is 72.0 Å². The fourth-order valence-corrected chi connectivity index (χ4v) is 5.66. The summed E-state index contributed by atoms with van der Waals surface area (Å²) in [5.74, 6) is 1.27. The zero-order chi connectivity index (χ0) is 26.3. The predicted molar refractivity (Wildman–Crippen MR) is 158 cm³/mol. The largest absolute Gasteiger partial charge is 0.385 e. The predicted octanol–water partition coefficient (Wildman–Crippen LogP) is 6.35. The number of anilines is 2. The number of nitrogens with two attached hydrogens (primary N) is 1. The Morgan fingerprint density at radius 1 is 0.842 bits per heavy atom. The molecular formula is C29H24Br2N6O. The molecule has 0 atom stereocenters. The number of benzene rings is 2. The van der Waals surface area contributed by atoms with Crippen molar-refractivity contribution < 1.29 is 5.11 Å². The highest BCUT2D eigenvalue weighted by atomic mass is 79.9. The molecule has 0 bridgehead atoms. The van der Waals surface area contributed by atoms with E-state index in [1.807, 2.05) is 72.9 Å². The van der Waals surface area contributed by atoms with Crippen LogP contribution in [0.5, 0.6) is 0 Å². The van der Waals surface area contributed by atoms with Gasteiger partial charge in [-0.1, -0.05) is 56.1 Å². The second kappa shape index (κ2) is 10.1. The van der Waals surface area contributed by atoms with Crippen LogP contribution < -0.4 is 10.6 Å². The number of pyridine rings is 2. The molecule has 190 valence electrons. The molecule has 1 saturated heterocycles. The van der Waals surface area contributed by atoms with Gasteiger partial charge in [0.15, 0.2) is 5.65 Å². The van der Waals surface area contributed by atoms with Crippen molar-refractivity contribution in [3.8, 4) is 22.4 Å². The molecular weight excluding hydrogens is 608 g/mol. The number of nitrogen functional groups attached to an aromatic ring is 1. The van der Waals surface area contributed by atoms with Crippen LogP contribution in [0.1, 0.15) is 18.4 Å². The minimum Gasteiger partial charge on any atom is -0.385 e. The lowest BCUT2D eigenvalue weighted by molar-refractivity contribution is 0.0116. The maximum Gasteiger partial charge on any atom is 0.165 e. The lowest BCUT2D eigenvalue weighted by atomic mass is 9.84. The molecule has 2 aromatic carbocycles. The summed E-state index contributed by atoms with van der Waals surface area (Å²) in [6, 6.07) is 22.0. The van der Waals surface area contributed by atoms with E-state index in [0.717, 1.165) is 61.2 Å². The quantitative estimate of drug-likeness (QED) is 0.238. The van der Waals surface area contributed by atoms with Gasteiger partial charge in [0.1, 0.15) is 18.0 Å². The molecule has 3 aromatic heterocycles. The highest BCUT2D eigenvalue weighted by Gasteiger charge is 2.34. The van der Waals surface area contributed by atoms with E-state index < -0.39 is 5.60 Å². The average Bonchev–Trinajstić information content (AvgIpc) is 2.93. The topological polar surface area (TPSA) is 101 Å². The third-order valence-electron chi connectivity index (χ3n) is 7.11. The van der Waals surface area contributed by atoms with Gasteiger partial charge >= 0.3 is 0 Å². The summed E-state index contributed by atoms with van der Waals surface area (Å²) in [4.78, 5) is 20.3. The van der Waals surface area contributed by atoms with Crippen LogP contribution in [-0.2, 0) is 5.60 Å². The fraction of sp³-hybridized carbons (Fsp3) is 0.172. The SMILES string of the molecule is Nc1ncnc2nc(-c3ccc(N4CCC(O)(c5ccc(Br)cc5)CC4)nc3)cc(-c3cccc(Br)c3)c12. The molecule has 0 spiro atoms. The van der Waals surface area contributed by atoms with Gasteiger partial charge in [-0.2, -0.15) is 0 Å². The van der Waals surface area contributed by atoms with Crippen LogP contribution in [0.4, 0.5) is 11.6 Å². The van der Waals surface area contributed by atoms with Gasteiger partial charge in [0.2, 0.25) is 0 Å². The summed E-state index contributed by atoms with van der Waals surface area (Å²) in [7, 11) is 0. The summed E-state index contributed by atoms with van der Waals surface area (Å²) >= 11 is 7.03. The number of nitrogens with zero attached hydrogens (tertiary/aromatic N) is 5. The third-order valence-corrected chi connectivity index (χ3v) is 8.13. The molecule has 3 N–H and O–H groups in total. The molecule has 0 unspecified atom stereocenters. The first-order valence-electron chi connectivity index (χ1n) is 12.3. The van der Waals surface area contributed by atoms with E-state index in [4.69, 9.17) is 15.7 Å². The second-order valence-corrected chi connectivity index (χ2v) is 11.3. The van der Waals surface area contributed by atoms with E-state index >= 15 is 0 Å². The number of halogens is 2. The Bertz CT molecular complexity index is 1620. The molecule has 1 aliphatic heterocycles. The number of aromatic nitrogens is 4. The highest BCUT2D eigenvalue weighted by molar-refractivity contribution is 9.10. The summed E-state index contributed by atoms with van der Waals surface area (Å²) < 4.78 is 1.98. The smallest absolute Gasteiger partial charge is 0.165 e. The van der Waals surface area contributed by atoms with Crippen LogP contribution in [0.25, 0.3) is 33.4 Å². The molecule has 0 saturated carbocycles. The normalized spacial score (nSPS) is 15.1. The van der Waals surface area contributed by atoms with Crippen molar-refractivity contribution >= 4 is 54.5 Å². The minimum atomic E-state index is -0.821. The lowest BCUT2D eigenvalue weighted by Gasteiger charge is -2.39. The van der Waals surface area contributed by atoms with Gasteiger partial charge in [0.25, 0.3) is 0 Å². The maximum atomic E-state index is 11.2. The van der Waals surface area contributed by atoms with Crippen molar-refractivity contribution in [3.63, 3.8) is 0 Å². The van der Waals surface area contributed by atoms with Crippen LogP contribution in [-0.4, -0.2) is 38.1 Å². The molecule has 9 heteroatoms. The van der Waals surface area contributed by atoms with Gasteiger partial charge in [-0.15, -0.1) is 0 Å². The Morgan fingerprint density at radius 3 is 2.34 bits per heavy atom. The monoisotopic (exact) mass is 630 g/mol. The fourth-order valence-electron chi connectivity index (χ4n) is 5.00.